The van der Waals surface area contributed by atoms with E-state index in [-0.39, 0.29) is 6.61 Å². The SMILES string of the molecule is [2H]C([2H])([2H])C(NC(=O)OCc1ccccc1)(c1nc(C(=O)OC)c(O)c(=O)[nH]1)C([2H])([2H])[2H]. The Balaban J connectivity index is 2.61. The highest BCUT2D eigenvalue weighted by Crippen LogP contribution is 2.18. The van der Waals surface area contributed by atoms with Crippen LogP contribution in [0.5, 0.6) is 5.75 Å². The summed E-state index contributed by atoms with van der Waals surface area (Å²) in [5.74, 6) is -3.69. The van der Waals surface area contributed by atoms with Gasteiger partial charge in [-0.25, -0.2) is 14.6 Å². The van der Waals surface area contributed by atoms with Gasteiger partial charge in [-0.1, -0.05) is 30.3 Å². The van der Waals surface area contributed by atoms with Crippen LogP contribution in [0.1, 0.15) is 43.8 Å². The number of alkyl carbamates (subject to hydrolysis) is 1. The number of methoxy groups -OCH3 is 1. The summed E-state index contributed by atoms with van der Waals surface area (Å²) in [4.78, 5) is 41.7. The second-order valence-corrected chi connectivity index (χ2v) is 5.04. The molecule has 9 heteroatoms. The molecule has 0 bridgehead atoms. The summed E-state index contributed by atoms with van der Waals surface area (Å²) < 4.78 is 56.3. The number of H-pyrrole nitrogens is 1. The van der Waals surface area contributed by atoms with Crippen molar-refractivity contribution in [2.24, 2.45) is 0 Å². The molecule has 26 heavy (non-hydrogen) atoms. The van der Waals surface area contributed by atoms with Crippen LogP contribution in [0.4, 0.5) is 4.79 Å². The van der Waals surface area contributed by atoms with Crippen molar-refractivity contribution in [3.8, 4) is 5.75 Å². The quantitative estimate of drug-likeness (QED) is 0.681. The summed E-state index contributed by atoms with van der Waals surface area (Å²) in [5.41, 5.74) is -5.25. The molecule has 3 N–H and O–H groups in total. The van der Waals surface area contributed by atoms with Crippen LogP contribution in [0, 0.1) is 0 Å². The number of hydrogen-bond donors (Lipinski definition) is 3. The van der Waals surface area contributed by atoms with E-state index < -0.39 is 54.1 Å². The standard InChI is InChI=1S/C17H19N3O6/c1-17(2,20-16(24)26-9-10-7-5-4-6-8-10)15-18-11(14(23)25-3)12(21)13(22)19-15/h4-8,21H,9H2,1-3H3,(H,20,24)(H,18,19,22)/i1D3,2D3. The minimum Gasteiger partial charge on any atom is -0.501 e. The zero-order valence-electron chi connectivity index (χ0n) is 19.5. The number of benzene rings is 1. The highest BCUT2D eigenvalue weighted by molar-refractivity contribution is 5.89. The molecule has 138 valence electrons. The highest BCUT2D eigenvalue weighted by atomic mass is 16.5. The molecule has 2 aromatic rings. The first kappa shape index (κ1) is 12.1. The molecule has 0 radical (unpaired) electrons. The van der Waals surface area contributed by atoms with Crippen molar-refractivity contribution in [2.75, 3.05) is 7.11 Å². The fourth-order valence-corrected chi connectivity index (χ4v) is 1.86. The van der Waals surface area contributed by atoms with Gasteiger partial charge < -0.3 is 24.9 Å². The topological polar surface area (TPSA) is 131 Å². The summed E-state index contributed by atoms with van der Waals surface area (Å²) in [6.45, 7) is -7.40. The number of aromatic nitrogens is 2. The van der Waals surface area contributed by atoms with Crippen LogP contribution in [-0.2, 0) is 21.6 Å². The van der Waals surface area contributed by atoms with E-state index in [9.17, 15) is 19.5 Å². The predicted molar refractivity (Wildman–Crippen MR) is 90.7 cm³/mol. The molecule has 1 heterocycles. The van der Waals surface area contributed by atoms with Crippen molar-refractivity contribution < 1.29 is 32.4 Å². The molecule has 1 amide bonds. The van der Waals surface area contributed by atoms with E-state index in [1.807, 2.05) is 4.98 Å². The van der Waals surface area contributed by atoms with Crippen LogP contribution < -0.4 is 10.9 Å². The maximum atomic E-state index is 12.4. The summed E-state index contributed by atoms with van der Waals surface area (Å²) >= 11 is 0. The predicted octanol–water partition coefficient (Wildman–Crippen LogP) is 1.42. The number of ether oxygens (including phenoxy) is 2. The summed E-state index contributed by atoms with van der Waals surface area (Å²) in [7, 11) is 0.893. The fraction of sp³-hybridized carbons (Fsp3) is 0.294. The first-order valence-electron chi connectivity index (χ1n) is 10.2. The van der Waals surface area contributed by atoms with Crippen LogP contribution in [0.15, 0.2) is 35.1 Å². The largest absolute Gasteiger partial charge is 0.501 e. The van der Waals surface area contributed by atoms with Gasteiger partial charge in [-0.2, -0.15) is 0 Å². The molecule has 0 atom stereocenters. The molecule has 0 unspecified atom stereocenters. The average molecular weight is 367 g/mol. The van der Waals surface area contributed by atoms with Crippen LogP contribution in [0.3, 0.4) is 0 Å². The van der Waals surface area contributed by atoms with E-state index in [2.05, 4.69) is 9.72 Å². The molecule has 0 fully saturated rings. The summed E-state index contributed by atoms with van der Waals surface area (Å²) in [6, 6.07) is 8.24. The normalized spacial score (nSPS) is 15.3. The lowest BCUT2D eigenvalue weighted by Crippen LogP contribution is -2.43. The number of carbonyl (C=O) groups is 2. The third kappa shape index (κ3) is 4.38. The molecule has 9 nitrogen and oxygen atoms in total. The Morgan fingerprint density at radius 1 is 1.35 bits per heavy atom. The van der Waals surface area contributed by atoms with E-state index in [4.69, 9.17) is 13.0 Å². The van der Waals surface area contributed by atoms with Gasteiger partial charge in [-0.15, -0.1) is 0 Å². The number of aromatic hydroxyl groups is 1. The average Bonchev–Trinajstić information content (AvgIpc) is 2.70. The first-order valence-corrected chi connectivity index (χ1v) is 7.15. The summed E-state index contributed by atoms with van der Waals surface area (Å²) in [5, 5.41) is 11.6. The number of hydrogen-bond acceptors (Lipinski definition) is 7. The van der Waals surface area contributed by atoms with Crippen molar-refractivity contribution in [2.45, 2.75) is 25.8 Å². The third-order valence-corrected chi connectivity index (χ3v) is 3.13. The number of carbonyl (C=O) groups excluding carboxylic acids is 2. The van der Waals surface area contributed by atoms with Gasteiger partial charge in [-0.05, 0) is 19.3 Å². The zero-order valence-corrected chi connectivity index (χ0v) is 13.5. The van der Waals surface area contributed by atoms with E-state index in [1.165, 1.54) is 0 Å². The Bertz CT molecular complexity index is 1040. The van der Waals surface area contributed by atoms with Crippen LogP contribution in [0.25, 0.3) is 0 Å². The fourth-order valence-electron chi connectivity index (χ4n) is 1.86. The van der Waals surface area contributed by atoms with Crippen molar-refractivity contribution in [1.82, 2.24) is 15.3 Å². The first-order chi connectivity index (χ1) is 14.7. The number of nitrogens with one attached hydrogen (secondary N) is 2. The molecule has 1 aromatic heterocycles. The number of amides is 1. The number of nitrogens with zero attached hydrogens (tertiary/aromatic N) is 1. The third-order valence-electron chi connectivity index (χ3n) is 3.13. The molecule has 2 rings (SSSR count). The van der Waals surface area contributed by atoms with Crippen molar-refractivity contribution in [1.29, 1.82) is 0 Å². The molecule has 0 spiro atoms. The van der Waals surface area contributed by atoms with Crippen molar-refractivity contribution in [3.05, 3.63) is 57.8 Å². The van der Waals surface area contributed by atoms with E-state index in [0.29, 0.717) is 5.56 Å². The lowest BCUT2D eigenvalue weighted by atomic mass is 10.0. The Morgan fingerprint density at radius 3 is 2.65 bits per heavy atom. The van der Waals surface area contributed by atoms with E-state index in [0.717, 1.165) is 7.11 Å². The van der Waals surface area contributed by atoms with E-state index in [1.54, 1.807) is 35.6 Å². The molecule has 0 aliphatic heterocycles. The van der Waals surface area contributed by atoms with Gasteiger partial charge in [0, 0.05) is 8.22 Å². The van der Waals surface area contributed by atoms with Gasteiger partial charge in [0.1, 0.15) is 12.4 Å². The molecular weight excluding hydrogens is 342 g/mol. The van der Waals surface area contributed by atoms with E-state index >= 15 is 0 Å². The maximum Gasteiger partial charge on any atom is 0.408 e. The second kappa shape index (κ2) is 7.68. The van der Waals surface area contributed by atoms with Crippen LogP contribution in [0.2, 0.25) is 0 Å². The number of esters is 1. The molecule has 0 aliphatic carbocycles. The Kier molecular flexibility index (Phi) is 3.57. The van der Waals surface area contributed by atoms with Gasteiger partial charge in [0.2, 0.25) is 5.75 Å². The highest BCUT2D eigenvalue weighted by Gasteiger charge is 2.29. The lowest BCUT2D eigenvalue weighted by Gasteiger charge is -2.25. The molecule has 0 saturated carbocycles. The molecule has 0 aliphatic rings. The van der Waals surface area contributed by atoms with Crippen molar-refractivity contribution in [3.63, 3.8) is 0 Å². The van der Waals surface area contributed by atoms with Gasteiger partial charge in [0.05, 0.1) is 12.6 Å². The zero-order chi connectivity index (χ0) is 24.3. The molecular formula is C17H19N3O6. The maximum absolute atomic E-state index is 12.4. The van der Waals surface area contributed by atoms with Crippen LogP contribution >= 0.6 is 0 Å². The van der Waals surface area contributed by atoms with Gasteiger partial charge in [0.15, 0.2) is 5.69 Å². The smallest absolute Gasteiger partial charge is 0.408 e. The number of rotatable bonds is 5. The minimum atomic E-state index is -3.54. The second-order valence-electron chi connectivity index (χ2n) is 5.04. The Labute approximate surface area is 157 Å². The van der Waals surface area contributed by atoms with Gasteiger partial charge >= 0.3 is 12.1 Å². The minimum absolute atomic E-state index is 0.322. The number of aromatic amines is 1. The summed E-state index contributed by atoms with van der Waals surface area (Å²) in [6.07, 6.45) is -1.45. The Morgan fingerprint density at radius 2 is 2.04 bits per heavy atom. The molecule has 0 saturated heterocycles. The van der Waals surface area contributed by atoms with Gasteiger partial charge in [0.25, 0.3) is 5.56 Å². The monoisotopic (exact) mass is 367 g/mol. The van der Waals surface area contributed by atoms with Crippen LogP contribution in [-0.4, -0.2) is 34.2 Å². The Hall–Kier alpha value is -3.36. The lowest BCUT2D eigenvalue weighted by molar-refractivity contribution is 0.0589. The van der Waals surface area contributed by atoms with Crippen molar-refractivity contribution >= 4 is 12.1 Å². The van der Waals surface area contributed by atoms with Gasteiger partial charge in [-0.3, -0.25) is 4.79 Å². The molecule has 1 aromatic carbocycles.